The molecule has 1 N–H and O–H groups in total. The van der Waals surface area contributed by atoms with E-state index in [2.05, 4.69) is 21.3 Å². The van der Waals surface area contributed by atoms with Crippen LogP contribution in [0.15, 0.2) is 18.5 Å². The van der Waals surface area contributed by atoms with Crippen molar-refractivity contribution in [3.63, 3.8) is 0 Å². The number of pyridine rings is 1. The Bertz CT molecular complexity index is 407. The summed E-state index contributed by atoms with van der Waals surface area (Å²) in [5, 5.41) is 4.29. The van der Waals surface area contributed by atoms with E-state index in [0.717, 1.165) is 37.1 Å². The molecule has 110 valence electrons. The molecule has 0 spiro atoms. The van der Waals surface area contributed by atoms with Crippen LogP contribution < -0.4 is 5.32 Å². The van der Waals surface area contributed by atoms with Crippen molar-refractivity contribution in [3.8, 4) is 0 Å². The average molecular weight is 294 g/mol. The molecule has 3 nitrogen and oxygen atoms in total. The number of nitrogens with one attached hydrogen (secondary N) is 1. The Kier molecular flexibility index (Phi) is 4.92. The van der Waals surface area contributed by atoms with Crippen LogP contribution in [0.2, 0.25) is 5.02 Å². The molecule has 2 fully saturated rings. The largest absolute Gasteiger partial charge is 0.314 e. The number of aromatic nitrogens is 1. The Morgan fingerprint density at radius 3 is 2.65 bits per heavy atom. The van der Waals surface area contributed by atoms with Gasteiger partial charge in [-0.1, -0.05) is 30.9 Å². The molecule has 0 amide bonds. The predicted octanol–water partition coefficient (Wildman–Crippen LogP) is 3.26. The fraction of sp³-hybridized carbons (Fsp3) is 0.688. The topological polar surface area (TPSA) is 28.2 Å². The van der Waals surface area contributed by atoms with Gasteiger partial charge in [0.15, 0.2) is 0 Å². The van der Waals surface area contributed by atoms with E-state index >= 15 is 0 Å². The van der Waals surface area contributed by atoms with E-state index in [-0.39, 0.29) is 0 Å². The Morgan fingerprint density at radius 2 is 1.95 bits per heavy atom. The second kappa shape index (κ2) is 6.88. The van der Waals surface area contributed by atoms with Crippen LogP contribution in [-0.4, -0.2) is 36.1 Å². The van der Waals surface area contributed by atoms with Crippen molar-refractivity contribution in [1.82, 2.24) is 15.2 Å². The fourth-order valence-electron chi connectivity index (χ4n) is 3.78. The van der Waals surface area contributed by atoms with E-state index in [4.69, 9.17) is 11.6 Å². The molecule has 1 saturated heterocycles. The normalized spacial score (nSPS) is 23.6. The quantitative estimate of drug-likeness (QED) is 0.927. The second-order valence-electron chi connectivity index (χ2n) is 6.03. The van der Waals surface area contributed by atoms with E-state index < -0.39 is 0 Å². The molecule has 0 bridgehead atoms. The summed E-state index contributed by atoms with van der Waals surface area (Å²) < 4.78 is 0. The minimum Gasteiger partial charge on any atom is -0.314 e. The van der Waals surface area contributed by atoms with Gasteiger partial charge in [0.25, 0.3) is 0 Å². The first-order valence-corrected chi connectivity index (χ1v) is 8.28. The standard InChI is InChI=1S/C16H24ClN3/c17-15-12-19-7-6-14(15)16(13-4-2-1-3-5-13)20-10-8-18-9-11-20/h6-7,12-13,16,18H,1-5,8-11H2/t16-/m0/s1. The SMILES string of the molecule is Clc1cnccc1[C@H](C1CCCCC1)N1CCNCC1. The molecule has 2 heterocycles. The summed E-state index contributed by atoms with van der Waals surface area (Å²) in [7, 11) is 0. The summed E-state index contributed by atoms with van der Waals surface area (Å²) in [5.41, 5.74) is 1.29. The Balaban J connectivity index is 1.87. The third-order valence-electron chi connectivity index (χ3n) is 4.76. The molecular weight excluding hydrogens is 270 g/mol. The van der Waals surface area contributed by atoms with Gasteiger partial charge in [-0.05, 0) is 30.4 Å². The molecule has 1 aromatic rings. The summed E-state index contributed by atoms with van der Waals surface area (Å²) in [6, 6.07) is 2.61. The van der Waals surface area contributed by atoms with Crippen LogP contribution in [0, 0.1) is 5.92 Å². The van der Waals surface area contributed by atoms with Gasteiger partial charge in [-0.3, -0.25) is 9.88 Å². The summed E-state index contributed by atoms with van der Waals surface area (Å²) in [6.45, 7) is 4.43. The molecule has 1 aliphatic heterocycles. The zero-order valence-electron chi connectivity index (χ0n) is 12.0. The van der Waals surface area contributed by atoms with Crippen LogP contribution in [0.3, 0.4) is 0 Å². The molecule has 1 atom stereocenters. The molecule has 0 aromatic carbocycles. The lowest BCUT2D eigenvalue weighted by atomic mass is 9.80. The Labute approximate surface area is 126 Å². The number of halogens is 1. The zero-order chi connectivity index (χ0) is 13.8. The highest BCUT2D eigenvalue weighted by atomic mass is 35.5. The highest BCUT2D eigenvalue weighted by molar-refractivity contribution is 6.31. The molecule has 2 aliphatic rings. The Morgan fingerprint density at radius 1 is 1.20 bits per heavy atom. The van der Waals surface area contributed by atoms with Crippen molar-refractivity contribution >= 4 is 11.6 Å². The van der Waals surface area contributed by atoms with Crippen LogP contribution >= 0.6 is 11.6 Å². The molecular formula is C16H24ClN3. The molecule has 3 rings (SSSR count). The lowest BCUT2D eigenvalue weighted by molar-refractivity contribution is 0.103. The van der Waals surface area contributed by atoms with E-state index in [9.17, 15) is 0 Å². The molecule has 20 heavy (non-hydrogen) atoms. The van der Waals surface area contributed by atoms with Crippen molar-refractivity contribution < 1.29 is 0 Å². The number of piperazine rings is 1. The van der Waals surface area contributed by atoms with Gasteiger partial charge in [0.05, 0.1) is 5.02 Å². The van der Waals surface area contributed by atoms with Gasteiger partial charge in [0.2, 0.25) is 0 Å². The second-order valence-corrected chi connectivity index (χ2v) is 6.43. The van der Waals surface area contributed by atoms with Gasteiger partial charge < -0.3 is 5.32 Å². The third kappa shape index (κ3) is 3.16. The van der Waals surface area contributed by atoms with Gasteiger partial charge in [-0.15, -0.1) is 0 Å². The van der Waals surface area contributed by atoms with Crippen LogP contribution in [0.1, 0.15) is 43.7 Å². The van der Waals surface area contributed by atoms with Crippen molar-refractivity contribution in [2.75, 3.05) is 26.2 Å². The number of rotatable bonds is 3. The van der Waals surface area contributed by atoms with Crippen molar-refractivity contribution in [3.05, 3.63) is 29.0 Å². The van der Waals surface area contributed by atoms with Gasteiger partial charge in [0, 0.05) is 44.6 Å². The highest BCUT2D eigenvalue weighted by Gasteiger charge is 2.32. The number of hydrogen-bond acceptors (Lipinski definition) is 3. The number of nitrogens with zero attached hydrogens (tertiary/aromatic N) is 2. The maximum absolute atomic E-state index is 6.45. The summed E-state index contributed by atoms with van der Waals surface area (Å²) in [6.07, 6.45) is 10.5. The minimum atomic E-state index is 0.480. The van der Waals surface area contributed by atoms with Crippen LogP contribution in [0.4, 0.5) is 0 Å². The summed E-state index contributed by atoms with van der Waals surface area (Å²) in [4.78, 5) is 6.79. The predicted molar refractivity (Wildman–Crippen MR) is 83.0 cm³/mol. The van der Waals surface area contributed by atoms with E-state index in [1.165, 1.54) is 37.7 Å². The van der Waals surface area contributed by atoms with Crippen molar-refractivity contribution in [1.29, 1.82) is 0 Å². The molecule has 1 aliphatic carbocycles. The minimum absolute atomic E-state index is 0.480. The highest BCUT2D eigenvalue weighted by Crippen LogP contribution is 2.40. The maximum atomic E-state index is 6.45. The molecule has 1 aromatic heterocycles. The van der Waals surface area contributed by atoms with Gasteiger partial charge in [-0.2, -0.15) is 0 Å². The molecule has 0 unspecified atom stereocenters. The number of hydrogen-bond donors (Lipinski definition) is 1. The van der Waals surface area contributed by atoms with Crippen molar-refractivity contribution in [2.45, 2.75) is 38.1 Å². The monoisotopic (exact) mass is 293 g/mol. The van der Waals surface area contributed by atoms with Crippen LogP contribution in [-0.2, 0) is 0 Å². The summed E-state index contributed by atoms with van der Waals surface area (Å²) >= 11 is 6.45. The Hall–Kier alpha value is -0.640. The van der Waals surface area contributed by atoms with Gasteiger partial charge in [-0.25, -0.2) is 0 Å². The lowest BCUT2D eigenvalue weighted by Gasteiger charge is -2.41. The summed E-state index contributed by atoms with van der Waals surface area (Å²) in [5.74, 6) is 0.752. The van der Waals surface area contributed by atoms with Crippen LogP contribution in [0.5, 0.6) is 0 Å². The van der Waals surface area contributed by atoms with Crippen LogP contribution in [0.25, 0.3) is 0 Å². The molecule has 4 heteroatoms. The maximum Gasteiger partial charge on any atom is 0.0637 e. The van der Waals surface area contributed by atoms with Gasteiger partial charge >= 0.3 is 0 Å². The average Bonchev–Trinajstić information content (AvgIpc) is 2.52. The fourth-order valence-corrected chi connectivity index (χ4v) is 4.02. The van der Waals surface area contributed by atoms with Crippen molar-refractivity contribution in [2.24, 2.45) is 5.92 Å². The molecule has 0 radical (unpaired) electrons. The van der Waals surface area contributed by atoms with E-state index in [1.807, 2.05) is 6.20 Å². The van der Waals surface area contributed by atoms with E-state index in [0.29, 0.717) is 6.04 Å². The lowest BCUT2D eigenvalue weighted by Crippen LogP contribution is -2.47. The molecule has 1 saturated carbocycles. The zero-order valence-corrected chi connectivity index (χ0v) is 12.8. The van der Waals surface area contributed by atoms with E-state index in [1.54, 1.807) is 6.20 Å². The first kappa shape index (κ1) is 14.3. The first-order valence-electron chi connectivity index (χ1n) is 7.90. The smallest absolute Gasteiger partial charge is 0.0637 e. The first-order chi connectivity index (χ1) is 9.86. The van der Waals surface area contributed by atoms with Gasteiger partial charge in [0.1, 0.15) is 0 Å². The third-order valence-corrected chi connectivity index (χ3v) is 5.08.